The second kappa shape index (κ2) is 2.39. The number of aromatic carboxylic acids is 1. The predicted molar refractivity (Wildman–Crippen MR) is 35.1 cm³/mol. The fourth-order valence-electron chi connectivity index (χ4n) is 0.654. The Hall–Kier alpha value is -1.51. The first-order valence-corrected chi connectivity index (χ1v) is 2.73. The van der Waals surface area contributed by atoms with Gasteiger partial charge in [-0.25, -0.2) is 4.79 Å². The SMILES string of the molecule is O=C(O)c1ccccc1[17OH]. The lowest BCUT2D eigenvalue weighted by Gasteiger charge is -1.95. The van der Waals surface area contributed by atoms with E-state index in [4.69, 9.17) is 10.2 Å². The summed E-state index contributed by atoms with van der Waals surface area (Å²) in [6.45, 7) is 0. The van der Waals surface area contributed by atoms with E-state index >= 15 is 0 Å². The van der Waals surface area contributed by atoms with Crippen molar-refractivity contribution in [2.45, 2.75) is 0 Å². The highest BCUT2D eigenvalue weighted by Crippen LogP contribution is 2.14. The summed E-state index contributed by atoms with van der Waals surface area (Å²) in [6.07, 6.45) is 0. The van der Waals surface area contributed by atoms with E-state index in [9.17, 15) is 4.79 Å². The third kappa shape index (κ3) is 1.07. The molecule has 10 heavy (non-hydrogen) atoms. The number of aromatic hydroxyl groups is 1. The minimum atomic E-state index is -1.11. The van der Waals surface area contributed by atoms with Gasteiger partial charge in [-0.2, -0.15) is 0 Å². The first kappa shape index (κ1) is 6.61. The average Bonchev–Trinajstić information content (AvgIpc) is 1.88. The highest BCUT2D eigenvalue weighted by molar-refractivity contribution is 5.90. The third-order valence-electron chi connectivity index (χ3n) is 1.13. The van der Waals surface area contributed by atoms with Gasteiger partial charge in [-0.05, 0) is 12.1 Å². The van der Waals surface area contributed by atoms with Crippen molar-refractivity contribution < 1.29 is 15.0 Å². The van der Waals surface area contributed by atoms with Crippen LogP contribution in [0.5, 0.6) is 5.75 Å². The summed E-state index contributed by atoms with van der Waals surface area (Å²) in [7, 11) is 0. The molecule has 3 nitrogen and oxygen atoms in total. The Kier molecular flexibility index (Phi) is 1.58. The number of para-hydroxylation sites is 1. The molecule has 1 aromatic rings. The van der Waals surface area contributed by atoms with E-state index < -0.39 is 5.97 Å². The van der Waals surface area contributed by atoms with Gasteiger partial charge in [0, 0.05) is 0 Å². The summed E-state index contributed by atoms with van der Waals surface area (Å²) in [5.74, 6) is -1.31. The van der Waals surface area contributed by atoms with Crippen LogP contribution in [-0.4, -0.2) is 16.2 Å². The van der Waals surface area contributed by atoms with Crippen molar-refractivity contribution in [2.75, 3.05) is 0 Å². The lowest BCUT2D eigenvalue weighted by Crippen LogP contribution is -1.95. The smallest absolute Gasteiger partial charge is 0.339 e. The molecule has 2 N–H and O–H groups in total. The summed E-state index contributed by atoms with van der Waals surface area (Å²) in [4.78, 5) is 10.3. The van der Waals surface area contributed by atoms with Crippen LogP contribution in [0.1, 0.15) is 10.4 Å². The van der Waals surface area contributed by atoms with E-state index in [1.54, 1.807) is 12.1 Å². The Bertz CT molecular complexity index is 255. The van der Waals surface area contributed by atoms with Gasteiger partial charge in [-0.1, -0.05) is 12.1 Å². The van der Waals surface area contributed by atoms with E-state index in [1.165, 1.54) is 12.1 Å². The van der Waals surface area contributed by atoms with Crippen LogP contribution in [0.3, 0.4) is 0 Å². The zero-order valence-corrected chi connectivity index (χ0v) is 5.11. The van der Waals surface area contributed by atoms with Crippen LogP contribution >= 0.6 is 0 Å². The minimum Gasteiger partial charge on any atom is -0.507 e. The minimum absolute atomic E-state index is 0.0671. The van der Waals surface area contributed by atoms with Gasteiger partial charge in [0.05, 0.1) is 0 Å². The van der Waals surface area contributed by atoms with Gasteiger partial charge in [0.15, 0.2) is 0 Å². The van der Waals surface area contributed by atoms with E-state index in [-0.39, 0.29) is 11.3 Å². The molecule has 0 radical (unpaired) electrons. The van der Waals surface area contributed by atoms with Crippen LogP contribution in [0, 0.1) is 0 Å². The Morgan fingerprint density at radius 3 is 2.40 bits per heavy atom. The number of hydrogen-bond donors (Lipinski definition) is 2. The number of hydrogen-bond acceptors (Lipinski definition) is 2. The molecule has 0 atom stereocenters. The number of rotatable bonds is 1. The molecule has 1 rings (SSSR count). The van der Waals surface area contributed by atoms with Crippen LogP contribution in [-0.2, 0) is 0 Å². The maximum absolute atomic E-state index is 10.3. The van der Waals surface area contributed by atoms with Gasteiger partial charge < -0.3 is 10.2 Å². The van der Waals surface area contributed by atoms with Crippen molar-refractivity contribution in [3.05, 3.63) is 29.8 Å². The zero-order valence-electron chi connectivity index (χ0n) is 5.11. The van der Waals surface area contributed by atoms with Crippen molar-refractivity contribution in [2.24, 2.45) is 0 Å². The van der Waals surface area contributed by atoms with Crippen molar-refractivity contribution >= 4 is 5.97 Å². The number of carboxylic acids is 1. The molecule has 0 spiro atoms. The molecular weight excluding hydrogens is 133 g/mol. The first-order valence-electron chi connectivity index (χ1n) is 2.73. The molecule has 0 saturated heterocycles. The van der Waals surface area contributed by atoms with Crippen molar-refractivity contribution in [1.82, 2.24) is 0 Å². The fourth-order valence-corrected chi connectivity index (χ4v) is 0.654. The molecule has 0 aliphatic rings. The Balaban J connectivity index is 3.15. The van der Waals surface area contributed by atoms with Gasteiger partial charge in [-0.15, -0.1) is 0 Å². The molecule has 0 bridgehead atoms. The summed E-state index contributed by atoms with van der Waals surface area (Å²) >= 11 is 0. The average molecular weight is 139 g/mol. The lowest BCUT2D eigenvalue weighted by atomic mass is 10.2. The molecule has 3 heteroatoms. The van der Waals surface area contributed by atoms with Crippen LogP contribution in [0.25, 0.3) is 0 Å². The van der Waals surface area contributed by atoms with E-state index in [0.717, 1.165) is 0 Å². The second-order valence-corrected chi connectivity index (χ2v) is 1.82. The quantitative estimate of drug-likeness (QED) is 0.612. The van der Waals surface area contributed by atoms with Gasteiger partial charge >= 0.3 is 5.97 Å². The normalized spacial score (nSPS) is 9.20. The van der Waals surface area contributed by atoms with Crippen molar-refractivity contribution in [1.29, 1.82) is 0 Å². The maximum Gasteiger partial charge on any atom is 0.339 e. The Morgan fingerprint density at radius 1 is 1.40 bits per heavy atom. The maximum atomic E-state index is 10.3. The predicted octanol–water partition coefficient (Wildman–Crippen LogP) is 1.09. The van der Waals surface area contributed by atoms with Crippen LogP contribution in [0.4, 0.5) is 0 Å². The van der Waals surface area contributed by atoms with E-state index in [1.807, 2.05) is 0 Å². The van der Waals surface area contributed by atoms with E-state index in [2.05, 4.69) is 0 Å². The molecule has 0 fully saturated rings. The fraction of sp³-hybridized carbons (Fsp3) is 0. The molecular formula is C7H6O3. The summed E-state index contributed by atoms with van der Waals surface area (Å²) in [6, 6.07) is 5.81. The van der Waals surface area contributed by atoms with Gasteiger partial charge in [0.25, 0.3) is 0 Å². The molecule has 0 saturated carbocycles. The molecule has 0 aliphatic heterocycles. The number of benzene rings is 1. The van der Waals surface area contributed by atoms with Crippen LogP contribution in [0.2, 0.25) is 0 Å². The highest BCUT2D eigenvalue weighted by atomic mass is 17.2. The Labute approximate surface area is 57.5 Å². The molecule has 0 aliphatic carbocycles. The topological polar surface area (TPSA) is 57.5 Å². The highest BCUT2D eigenvalue weighted by Gasteiger charge is 2.05. The molecule has 0 amide bonds. The molecule has 0 heterocycles. The third-order valence-corrected chi connectivity index (χ3v) is 1.13. The standard InChI is InChI=1S/C7H6O3/c8-6-4-2-1-3-5(6)7(9)10/h1-4,8H,(H,9,10)/i8+1. The second-order valence-electron chi connectivity index (χ2n) is 1.82. The summed E-state index contributed by atoms with van der Waals surface area (Å²) < 4.78 is 0. The van der Waals surface area contributed by atoms with Crippen LogP contribution in [0.15, 0.2) is 24.3 Å². The molecule has 1 aromatic carbocycles. The van der Waals surface area contributed by atoms with Crippen molar-refractivity contribution in [3.63, 3.8) is 0 Å². The lowest BCUT2D eigenvalue weighted by molar-refractivity contribution is 0.0694. The van der Waals surface area contributed by atoms with Crippen LogP contribution < -0.4 is 0 Å². The number of carboxylic acid groups (broad SMARTS) is 1. The van der Waals surface area contributed by atoms with Crippen molar-refractivity contribution in [3.8, 4) is 5.75 Å². The van der Waals surface area contributed by atoms with Gasteiger partial charge in [-0.3, -0.25) is 0 Å². The molecule has 0 unspecified atom stereocenters. The molecule has 52 valence electrons. The zero-order chi connectivity index (χ0) is 7.56. The molecule has 0 aromatic heterocycles. The summed E-state index contributed by atoms with van der Waals surface area (Å²) in [5.41, 5.74) is -0.0671. The van der Waals surface area contributed by atoms with Gasteiger partial charge in [0.2, 0.25) is 0 Å². The first-order chi connectivity index (χ1) is 4.72. The Morgan fingerprint density at radius 2 is 2.00 bits per heavy atom. The summed E-state index contributed by atoms with van der Waals surface area (Å²) in [5, 5.41) is 17.3. The number of phenols is 1. The monoisotopic (exact) mass is 139 g/mol. The largest absolute Gasteiger partial charge is 0.507 e. The number of carbonyl (C=O) groups is 1. The van der Waals surface area contributed by atoms with E-state index in [0.29, 0.717) is 0 Å². The van der Waals surface area contributed by atoms with Gasteiger partial charge in [0.1, 0.15) is 11.3 Å².